The molecule has 144 valence electrons. The van der Waals surface area contributed by atoms with Gasteiger partial charge in [0, 0.05) is 19.6 Å². The molecule has 0 spiro atoms. The van der Waals surface area contributed by atoms with Crippen molar-refractivity contribution in [2.24, 2.45) is 0 Å². The minimum absolute atomic E-state index is 0.237. The van der Waals surface area contributed by atoms with Crippen molar-refractivity contribution >= 4 is 5.91 Å². The van der Waals surface area contributed by atoms with Gasteiger partial charge < -0.3 is 15.4 Å². The predicted molar refractivity (Wildman–Crippen MR) is 108 cm³/mol. The summed E-state index contributed by atoms with van der Waals surface area (Å²) in [5.74, 6) is 0.265. The monoisotopic (exact) mass is 376 g/mol. The molecule has 2 heterocycles. The molecule has 6 nitrogen and oxygen atoms in total. The molecule has 1 aromatic heterocycles. The minimum atomic E-state index is -0.237. The first kappa shape index (κ1) is 18.3. The Morgan fingerprint density at radius 3 is 2.82 bits per heavy atom. The lowest BCUT2D eigenvalue weighted by Crippen LogP contribution is -2.24. The van der Waals surface area contributed by atoms with Crippen molar-refractivity contribution in [1.82, 2.24) is 20.4 Å². The van der Waals surface area contributed by atoms with E-state index < -0.39 is 0 Å². The minimum Gasteiger partial charge on any atom is -0.489 e. The zero-order chi connectivity index (χ0) is 19.3. The van der Waals surface area contributed by atoms with Crippen LogP contribution in [0.4, 0.5) is 0 Å². The maximum absolute atomic E-state index is 12.8. The molecule has 0 bridgehead atoms. The molecule has 0 fully saturated rings. The lowest BCUT2D eigenvalue weighted by molar-refractivity contribution is 0.0941. The number of carbonyl (C=O) groups excluding carboxylic acids is 1. The van der Waals surface area contributed by atoms with Gasteiger partial charge in [0.05, 0.1) is 18.5 Å². The first-order valence-corrected chi connectivity index (χ1v) is 9.62. The van der Waals surface area contributed by atoms with E-state index in [1.807, 2.05) is 37.3 Å². The highest BCUT2D eigenvalue weighted by Gasteiger charge is 2.19. The number of para-hydroxylation sites is 1. The van der Waals surface area contributed by atoms with Crippen molar-refractivity contribution in [3.05, 3.63) is 77.1 Å². The van der Waals surface area contributed by atoms with E-state index in [-0.39, 0.29) is 5.91 Å². The molecule has 2 N–H and O–H groups in total. The fourth-order valence-electron chi connectivity index (χ4n) is 3.27. The van der Waals surface area contributed by atoms with Gasteiger partial charge in [0.15, 0.2) is 11.4 Å². The van der Waals surface area contributed by atoms with E-state index in [0.717, 1.165) is 30.8 Å². The Kier molecular flexibility index (Phi) is 5.39. The molecule has 1 aliphatic rings. The van der Waals surface area contributed by atoms with E-state index in [1.54, 1.807) is 10.9 Å². The van der Waals surface area contributed by atoms with Gasteiger partial charge in [-0.3, -0.25) is 4.79 Å². The average molecular weight is 376 g/mol. The summed E-state index contributed by atoms with van der Waals surface area (Å²) in [6.45, 7) is 4.82. The summed E-state index contributed by atoms with van der Waals surface area (Å²) in [7, 11) is 0. The highest BCUT2D eigenvalue weighted by atomic mass is 16.5. The summed E-state index contributed by atoms with van der Waals surface area (Å²) < 4.78 is 7.45. The number of carbonyl (C=O) groups is 1. The van der Waals surface area contributed by atoms with Crippen LogP contribution in [0.25, 0.3) is 5.69 Å². The maximum atomic E-state index is 12.8. The van der Waals surface area contributed by atoms with Crippen LogP contribution >= 0.6 is 0 Å². The summed E-state index contributed by atoms with van der Waals surface area (Å²) in [4.78, 5) is 12.8. The summed E-state index contributed by atoms with van der Waals surface area (Å²) in [6, 6.07) is 16.0. The second-order valence-corrected chi connectivity index (χ2v) is 6.86. The largest absolute Gasteiger partial charge is 0.489 e. The molecule has 0 aliphatic carbocycles. The Morgan fingerprint density at radius 1 is 1.18 bits per heavy atom. The predicted octanol–water partition coefficient (Wildman–Crippen LogP) is 3.19. The zero-order valence-electron chi connectivity index (χ0n) is 15.9. The summed E-state index contributed by atoms with van der Waals surface area (Å²) in [5.41, 5.74) is 4.89. The summed E-state index contributed by atoms with van der Waals surface area (Å²) in [5, 5.41) is 10.8. The molecule has 0 unspecified atom stereocenters. The third kappa shape index (κ3) is 3.92. The van der Waals surface area contributed by atoms with Gasteiger partial charge in [0.25, 0.3) is 5.91 Å². The highest BCUT2D eigenvalue weighted by Crippen LogP contribution is 2.21. The molecule has 0 radical (unpaired) electrons. The highest BCUT2D eigenvalue weighted by molar-refractivity contribution is 5.94. The van der Waals surface area contributed by atoms with Crippen molar-refractivity contribution in [3.8, 4) is 11.4 Å². The molecule has 28 heavy (non-hydrogen) atoms. The van der Waals surface area contributed by atoms with Crippen LogP contribution in [0.2, 0.25) is 0 Å². The van der Waals surface area contributed by atoms with Crippen LogP contribution in [0.5, 0.6) is 5.75 Å². The van der Waals surface area contributed by atoms with E-state index in [4.69, 9.17) is 4.74 Å². The van der Waals surface area contributed by atoms with Crippen LogP contribution in [0.1, 0.15) is 40.5 Å². The van der Waals surface area contributed by atoms with Crippen LogP contribution in [0, 0.1) is 0 Å². The van der Waals surface area contributed by atoms with Crippen molar-refractivity contribution < 1.29 is 9.53 Å². The Bertz CT molecular complexity index is 966. The van der Waals surface area contributed by atoms with Crippen LogP contribution < -0.4 is 15.4 Å². The van der Waals surface area contributed by atoms with E-state index >= 15 is 0 Å². The Labute approximate surface area is 164 Å². The molecule has 0 atom stereocenters. The van der Waals surface area contributed by atoms with Gasteiger partial charge in [0.2, 0.25) is 0 Å². The molecule has 0 saturated heterocycles. The molecule has 6 heteroatoms. The molecular formula is C22H24N4O2. The second kappa shape index (κ2) is 8.27. The molecule has 0 saturated carbocycles. The van der Waals surface area contributed by atoms with Gasteiger partial charge in [-0.25, -0.2) is 4.68 Å². The standard InChI is InChI=1S/C22H24N4O2/c1-2-10-28-20-15-26(19-6-4-3-5-7-19)25-21(20)22(27)24-12-16-8-9-17-13-23-14-18(17)11-16/h3-9,11,15,23H,2,10,12-14H2,1H3,(H,24,27). The van der Waals surface area contributed by atoms with Crippen molar-refractivity contribution in [2.45, 2.75) is 33.0 Å². The number of nitrogens with one attached hydrogen (secondary N) is 2. The van der Waals surface area contributed by atoms with Crippen LogP contribution in [0.15, 0.2) is 54.7 Å². The molecular weight excluding hydrogens is 352 g/mol. The third-order valence-corrected chi connectivity index (χ3v) is 4.73. The number of rotatable bonds is 7. The van der Waals surface area contributed by atoms with Gasteiger partial charge in [0.1, 0.15) is 0 Å². The SMILES string of the molecule is CCCOc1cn(-c2ccccc2)nc1C(=O)NCc1ccc2c(c1)CNC2. The summed E-state index contributed by atoms with van der Waals surface area (Å²) >= 11 is 0. The van der Waals surface area contributed by atoms with Crippen LogP contribution in [-0.2, 0) is 19.6 Å². The van der Waals surface area contributed by atoms with Gasteiger partial charge >= 0.3 is 0 Å². The van der Waals surface area contributed by atoms with E-state index in [0.29, 0.717) is 24.6 Å². The van der Waals surface area contributed by atoms with Crippen molar-refractivity contribution in [1.29, 1.82) is 0 Å². The second-order valence-electron chi connectivity index (χ2n) is 6.86. The number of fused-ring (bicyclic) bond motifs is 1. The first-order chi connectivity index (χ1) is 13.7. The Balaban J connectivity index is 1.51. The van der Waals surface area contributed by atoms with Crippen molar-refractivity contribution in [2.75, 3.05) is 6.61 Å². The average Bonchev–Trinajstić information content (AvgIpc) is 3.37. The van der Waals surface area contributed by atoms with Gasteiger partial charge in [-0.15, -0.1) is 0 Å². The fourth-order valence-corrected chi connectivity index (χ4v) is 3.27. The van der Waals surface area contributed by atoms with Gasteiger partial charge in [-0.05, 0) is 35.2 Å². The third-order valence-electron chi connectivity index (χ3n) is 4.73. The topological polar surface area (TPSA) is 68.2 Å². The van der Waals surface area contributed by atoms with Gasteiger partial charge in [-0.2, -0.15) is 5.10 Å². The number of nitrogens with zero attached hydrogens (tertiary/aromatic N) is 2. The van der Waals surface area contributed by atoms with Gasteiger partial charge in [-0.1, -0.05) is 43.3 Å². The smallest absolute Gasteiger partial charge is 0.275 e. The number of hydrogen-bond acceptors (Lipinski definition) is 4. The lowest BCUT2D eigenvalue weighted by atomic mass is 10.1. The number of amides is 1. The lowest BCUT2D eigenvalue weighted by Gasteiger charge is -2.07. The quantitative estimate of drug-likeness (QED) is 0.665. The molecule has 1 aliphatic heterocycles. The molecule has 1 amide bonds. The van der Waals surface area contributed by atoms with E-state index in [2.05, 4.69) is 33.9 Å². The summed E-state index contributed by atoms with van der Waals surface area (Å²) in [6.07, 6.45) is 2.63. The van der Waals surface area contributed by atoms with Crippen LogP contribution in [-0.4, -0.2) is 22.3 Å². The van der Waals surface area contributed by atoms with Crippen LogP contribution in [0.3, 0.4) is 0 Å². The number of aromatic nitrogens is 2. The normalized spacial score (nSPS) is 12.6. The molecule has 3 aromatic rings. The number of hydrogen-bond donors (Lipinski definition) is 2. The Hall–Kier alpha value is -3.12. The van der Waals surface area contributed by atoms with E-state index in [1.165, 1.54) is 11.1 Å². The van der Waals surface area contributed by atoms with E-state index in [9.17, 15) is 4.79 Å². The zero-order valence-corrected chi connectivity index (χ0v) is 15.9. The maximum Gasteiger partial charge on any atom is 0.275 e. The number of ether oxygens (including phenoxy) is 1. The number of benzene rings is 2. The fraction of sp³-hybridized carbons (Fsp3) is 0.273. The van der Waals surface area contributed by atoms with Crippen molar-refractivity contribution in [3.63, 3.8) is 0 Å². The molecule has 4 rings (SSSR count). The first-order valence-electron chi connectivity index (χ1n) is 9.62. The molecule has 2 aromatic carbocycles. The Morgan fingerprint density at radius 2 is 2.00 bits per heavy atom.